The maximum Gasteiger partial charge on any atom is 0.0992 e. The third-order valence-electron chi connectivity index (χ3n) is 8.08. The zero-order valence-electron chi connectivity index (χ0n) is 22.8. The number of hydrogen-bond donors (Lipinski definition) is 1. The van der Waals surface area contributed by atoms with Crippen LogP contribution in [0.2, 0.25) is 0 Å². The average molecular weight is 536 g/mol. The molecule has 3 nitrogen and oxygen atoms in total. The van der Waals surface area contributed by atoms with E-state index in [4.69, 9.17) is 5.73 Å². The standard InChI is InChI=1S/C39H25N3/c40-22-25-6-5-7-30(17-25)37-21-39-34-10-3-1-8-32(34)36(20-38(39)35-11-4-2-9-33(35)37)29-14-12-28(13-15-29)31-18-26(23-41)16-27(19-31)24-42/h1-21H,22,40H2. The average Bonchev–Trinajstić information content (AvgIpc) is 3.07. The Bertz CT molecular complexity index is 2210. The first-order valence-corrected chi connectivity index (χ1v) is 13.9. The molecule has 0 aliphatic rings. The predicted molar refractivity (Wildman–Crippen MR) is 173 cm³/mol. The van der Waals surface area contributed by atoms with Crippen LogP contribution in [-0.4, -0.2) is 0 Å². The Morgan fingerprint density at radius 3 is 1.50 bits per heavy atom. The van der Waals surface area contributed by atoms with Crippen LogP contribution in [0.25, 0.3) is 65.7 Å². The van der Waals surface area contributed by atoms with Gasteiger partial charge in [-0.25, -0.2) is 0 Å². The molecule has 0 aliphatic heterocycles. The van der Waals surface area contributed by atoms with Crippen LogP contribution in [0, 0.1) is 22.7 Å². The molecule has 196 valence electrons. The summed E-state index contributed by atoms with van der Waals surface area (Å²) < 4.78 is 0. The number of nitrogens with two attached hydrogens (primary N) is 1. The number of benzene rings is 7. The van der Waals surface area contributed by atoms with E-state index in [-0.39, 0.29) is 0 Å². The maximum atomic E-state index is 9.43. The highest BCUT2D eigenvalue weighted by Gasteiger charge is 2.15. The molecule has 0 amide bonds. The van der Waals surface area contributed by atoms with Gasteiger partial charge in [0.25, 0.3) is 0 Å². The lowest BCUT2D eigenvalue weighted by molar-refractivity contribution is 1.07. The van der Waals surface area contributed by atoms with Gasteiger partial charge in [-0.1, -0.05) is 91.0 Å². The van der Waals surface area contributed by atoms with Crippen molar-refractivity contribution >= 4 is 32.3 Å². The first kappa shape index (κ1) is 25.2. The fourth-order valence-electron chi connectivity index (χ4n) is 6.06. The summed E-state index contributed by atoms with van der Waals surface area (Å²) in [4.78, 5) is 0. The van der Waals surface area contributed by atoms with Gasteiger partial charge in [-0.2, -0.15) is 10.5 Å². The van der Waals surface area contributed by atoms with Crippen molar-refractivity contribution in [3.8, 4) is 45.5 Å². The Hall–Kier alpha value is -5.74. The largest absolute Gasteiger partial charge is 0.326 e. The SMILES string of the molecule is N#Cc1cc(C#N)cc(-c2ccc(-c3cc4c5ccccc5c(-c5cccc(CN)c5)cc4c4ccccc34)cc2)c1. The number of fused-ring (bicyclic) bond motifs is 5. The van der Waals surface area contributed by atoms with Crippen molar-refractivity contribution in [2.75, 3.05) is 0 Å². The Morgan fingerprint density at radius 1 is 0.429 bits per heavy atom. The monoisotopic (exact) mass is 535 g/mol. The van der Waals surface area contributed by atoms with Gasteiger partial charge in [0.15, 0.2) is 0 Å². The Balaban J connectivity index is 1.45. The molecule has 0 aliphatic carbocycles. The van der Waals surface area contributed by atoms with Crippen LogP contribution in [0.3, 0.4) is 0 Å². The van der Waals surface area contributed by atoms with Gasteiger partial charge in [-0.3, -0.25) is 0 Å². The van der Waals surface area contributed by atoms with Gasteiger partial charge in [0.05, 0.1) is 23.3 Å². The highest BCUT2D eigenvalue weighted by Crippen LogP contribution is 2.42. The van der Waals surface area contributed by atoms with Crippen LogP contribution >= 0.6 is 0 Å². The van der Waals surface area contributed by atoms with Crippen LogP contribution in [-0.2, 0) is 6.54 Å². The number of hydrogen-bond acceptors (Lipinski definition) is 3. The molecule has 2 N–H and O–H groups in total. The highest BCUT2D eigenvalue weighted by atomic mass is 14.5. The van der Waals surface area contributed by atoms with Crippen molar-refractivity contribution < 1.29 is 0 Å². The summed E-state index contributed by atoms with van der Waals surface area (Å²) in [6.45, 7) is 0.508. The summed E-state index contributed by atoms with van der Waals surface area (Å²) in [7, 11) is 0. The summed E-state index contributed by atoms with van der Waals surface area (Å²) in [5.41, 5.74) is 14.5. The molecule has 0 unspecified atom stereocenters. The van der Waals surface area contributed by atoms with Crippen molar-refractivity contribution in [2.45, 2.75) is 6.54 Å². The molecule has 0 saturated heterocycles. The van der Waals surface area contributed by atoms with Crippen molar-refractivity contribution in [1.29, 1.82) is 10.5 Å². The van der Waals surface area contributed by atoms with E-state index in [9.17, 15) is 10.5 Å². The quantitative estimate of drug-likeness (QED) is 0.228. The van der Waals surface area contributed by atoms with Crippen molar-refractivity contribution in [3.05, 3.63) is 144 Å². The minimum Gasteiger partial charge on any atom is -0.326 e. The first-order chi connectivity index (χ1) is 20.7. The van der Waals surface area contributed by atoms with Crippen LogP contribution < -0.4 is 5.73 Å². The smallest absolute Gasteiger partial charge is 0.0992 e. The van der Waals surface area contributed by atoms with Crippen molar-refractivity contribution in [1.82, 2.24) is 0 Å². The molecule has 7 aromatic carbocycles. The van der Waals surface area contributed by atoms with Gasteiger partial charge in [0.2, 0.25) is 0 Å². The molecule has 0 aromatic heterocycles. The lowest BCUT2D eigenvalue weighted by atomic mass is 9.87. The third kappa shape index (κ3) is 4.27. The normalized spacial score (nSPS) is 11.0. The second-order valence-electron chi connectivity index (χ2n) is 10.5. The number of nitrogens with zero attached hydrogens (tertiary/aromatic N) is 2. The van der Waals surface area contributed by atoms with Crippen LogP contribution in [0.15, 0.2) is 127 Å². The lowest BCUT2D eigenvalue weighted by Gasteiger charge is -2.16. The second-order valence-corrected chi connectivity index (χ2v) is 10.5. The molecule has 0 atom stereocenters. The van der Waals surface area contributed by atoms with E-state index in [1.54, 1.807) is 6.07 Å². The summed E-state index contributed by atoms with van der Waals surface area (Å²) in [5.74, 6) is 0. The topological polar surface area (TPSA) is 73.6 Å². The van der Waals surface area contributed by atoms with E-state index in [2.05, 4.69) is 121 Å². The molecule has 0 fully saturated rings. The van der Waals surface area contributed by atoms with Crippen molar-refractivity contribution in [2.24, 2.45) is 5.73 Å². The summed E-state index contributed by atoms with van der Waals surface area (Å²) in [6, 6.07) is 48.4. The van der Waals surface area contributed by atoms with Gasteiger partial charge in [-0.15, -0.1) is 0 Å². The molecule has 0 bridgehead atoms. The third-order valence-corrected chi connectivity index (χ3v) is 8.08. The fourth-order valence-corrected chi connectivity index (χ4v) is 6.06. The van der Waals surface area contributed by atoms with E-state index in [0.29, 0.717) is 17.7 Å². The number of nitriles is 2. The summed E-state index contributed by atoms with van der Waals surface area (Å²) in [6.07, 6.45) is 0. The van der Waals surface area contributed by atoms with Gasteiger partial charge >= 0.3 is 0 Å². The van der Waals surface area contributed by atoms with Gasteiger partial charge in [0.1, 0.15) is 0 Å². The van der Waals surface area contributed by atoms with E-state index in [0.717, 1.165) is 27.8 Å². The van der Waals surface area contributed by atoms with Crippen molar-refractivity contribution in [3.63, 3.8) is 0 Å². The van der Waals surface area contributed by atoms with Gasteiger partial charge < -0.3 is 5.73 Å². The Kier molecular flexibility index (Phi) is 6.22. The zero-order valence-corrected chi connectivity index (χ0v) is 22.8. The molecule has 0 spiro atoms. The number of rotatable bonds is 4. The molecule has 7 aromatic rings. The minimum atomic E-state index is 0.481. The maximum absolute atomic E-state index is 9.43. The first-order valence-electron chi connectivity index (χ1n) is 13.9. The molecule has 0 saturated carbocycles. The lowest BCUT2D eigenvalue weighted by Crippen LogP contribution is -1.96. The molecule has 42 heavy (non-hydrogen) atoms. The van der Waals surface area contributed by atoms with Crippen LogP contribution in [0.1, 0.15) is 16.7 Å². The Labute approximate surface area is 244 Å². The molecular weight excluding hydrogens is 510 g/mol. The molecule has 0 heterocycles. The Morgan fingerprint density at radius 2 is 0.952 bits per heavy atom. The second kappa shape index (κ2) is 10.3. The van der Waals surface area contributed by atoms with E-state index in [1.807, 2.05) is 12.1 Å². The summed E-state index contributed by atoms with van der Waals surface area (Å²) in [5, 5.41) is 26.1. The van der Waals surface area contributed by atoms with E-state index >= 15 is 0 Å². The van der Waals surface area contributed by atoms with Crippen LogP contribution in [0.4, 0.5) is 0 Å². The minimum absolute atomic E-state index is 0.481. The molecule has 3 heteroatoms. The van der Waals surface area contributed by atoms with E-state index in [1.165, 1.54) is 43.4 Å². The van der Waals surface area contributed by atoms with Gasteiger partial charge in [-0.05, 0) is 108 Å². The highest BCUT2D eigenvalue weighted by molar-refractivity contribution is 6.23. The predicted octanol–water partition coefficient (Wildman–Crippen LogP) is 9.35. The van der Waals surface area contributed by atoms with E-state index < -0.39 is 0 Å². The molecule has 0 radical (unpaired) electrons. The summed E-state index contributed by atoms with van der Waals surface area (Å²) >= 11 is 0. The molecule has 7 rings (SSSR count). The van der Waals surface area contributed by atoms with Gasteiger partial charge in [0, 0.05) is 6.54 Å². The van der Waals surface area contributed by atoms with Crippen LogP contribution in [0.5, 0.6) is 0 Å². The zero-order chi connectivity index (χ0) is 28.6. The molecular formula is C39H25N3. The fraction of sp³-hybridized carbons (Fsp3) is 0.0256.